The topological polar surface area (TPSA) is 147 Å². The highest BCUT2D eigenvalue weighted by atomic mass is 35.5. The van der Waals surface area contributed by atoms with Crippen molar-refractivity contribution in [2.24, 2.45) is 23.7 Å². The van der Waals surface area contributed by atoms with Crippen LogP contribution in [0.3, 0.4) is 0 Å². The Balaban J connectivity index is 1.29. The predicted octanol–water partition coefficient (Wildman–Crippen LogP) is 6.12. The molecule has 8 rings (SSSR count). The van der Waals surface area contributed by atoms with E-state index in [2.05, 4.69) is 0 Å². The second-order valence-corrected chi connectivity index (χ2v) is 14.5. The lowest BCUT2D eigenvalue weighted by atomic mass is 9.56. The lowest BCUT2D eigenvalue weighted by Gasteiger charge is -2.51. The van der Waals surface area contributed by atoms with E-state index in [9.17, 15) is 47.6 Å². The molecule has 0 aromatic heterocycles. The minimum Gasteiger partial charge on any atom is -0.508 e. The van der Waals surface area contributed by atoms with Gasteiger partial charge >= 0.3 is 0 Å². The lowest BCUT2D eigenvalue weighted by Crippen LogP contribution is -2.61. The summed E-state index contributed by atoms with van der Waals surface area (Å²) in [7, 11) is 0. The van der Waals surface area contributed by atoms with E-state index in [0.717, 1.165) is 17.0 Å². The van der Waals surface area contributed by atoms with Crippen LogP contribution in [0.15, 0.2) is 65.9 Å². The first-order valence-electron chi connectivity index (χ1n) is 15.8. The van der Waals surface area contributed by atoms with Crippen LogP contribution in [0.25, 0.3) is 0 Å². The third-order valence-corrected chi connectivity index (χ3v) is 12.1. The van der Waals surface area contributed by atoms with E-state index >= 15 is 8.78 Å². The van der Waals surface area contributed by atoms with Crippen LogP contribution >= 0.6 is 23.2 Å². The third kappa shape index (κ3) is 4.51. The molecule has 0 spiro atoms. The molecule has 2 saturated heterocycles. The van der Waals surface area contributed by atoms with Gasteiger partial charge in [0.25, 0.3) is 17.5 Å². The van der Waals surface area contributed by atoms with Gasteiger partial charge < -0.3 is 9.84 Å². The summed E-state index contributed by atoms with van der Waals surface area (Å²) in [6.45, 7) is 0. The second kappa shape index (κ2) is 11.6. The number of phenols is 1. The number of anilines is 2. The number of ether oxygens (including phenoxy) is 1. The molecule has 3 aromatic rings. The fraction of sp³-hybridized carbons (Fsp3) is 0.257. The average molecular weight is 776 g/mol. The van der Waals surface area contributed by atoms with Crippen molar-refractivity contribution in [2.45, 2.75) is 29.0 Å². The highest BCUT2D eigenvalue weighted by Crippen LogP contribution is 2.65. The number of carbonyl (C=O) groups is 4. The van der Waals surface area contributed by atoms with Crippen LogP contribution in [-0.2, 0) is 25.6 Å². The maximum Gasteiger partial charge on any atom is 0.269 e. The van der Waals surface area contributed by atoms with Crippen LogP contribution in [-0.4, -0.2) is 43.4 Å². The van der Waals surface area contributed by atoms with Crippen molar-refractivity contribution >= 4 is 63.9 Å². The highest BCUT2D eigenvalue weighted by Gasteiger charge is 2.77. The summed E-state index contributed by atoms with van der Waals surface area (Å²) >= 11 is 14.3. The Morgan fingerprint density at radius 3 is 2.13 bits per heavy atom. The molecular weight excluding hydrogens is 756 g/mol. The minimum absolute atomic E-state index is 0.00518. The average Bonchev–Trinajstić information content (AvgIpc) is 3.47. The van der Waals surface area contributed by atoms with Crippen LogP contribution in [0, 0.1) is 62.9 Å². The first kappa shape index (κ1) is 34.7. The standard InChI is InChI=1S/C35H20Cl2F5N3O8/c36-34-11-20-18(6-7-19-22(20)31(48)43(30(19)47)15-1-3-16(4-2-15)45(51)52)23(14-9-13-10-17(46)5-8-21(13)53-12-14)35(34,37)33(50)44(32(34)49)29-27(41)25(39)24(38)26(40)28(29)42/h1-6,8,10,12,19-20,22-23,46H,7,9,11H2. The van der Waals surface area contributed by atoms with Crippen molar-refractivity contribution in [3.8, 4) is 11.5 Å². The van der Waals surface area contributed by atoms with E-state index in [4.69, 9.17) is 27.9 Å². The molecule has 1 N–H and O–H groups in total. The number of rotatable bonds is 4. The molecule has 3 fully saturated rings. The zero-order chi connectivity index (χ0) is 38.0. The van der Waals surface area contributed by atoms with Crippen LogP contribution in [0.4, 0.5) is 39.0 Å². The maximum atomic E-state index is 15.3. The summed E-state index contributed by atoms with van der Waals surface area (Å²) < 4.78 is 79.4. The number of hydrogen-bond acceptors (Lipinski definition) is 8. The fourth-order valence-electron chi connectivity index (χ4n) is 8.36. The lowest BCUT2D eigenvalue weighted by molar-refractivity contribution is -0.384. The van der Waals surface area contributed by atoms with Gasteiger partial charge in [0.1, 0.15) is 17.2 Å². The summed E-state index contributed by atoms with van der Waals surface area (Å²) in [5.41, 5.74) is -1.51. The van der Waals surface area contributed by atoms with Gasteiger partial charge in [-0.05, 0) is 54.7 Å². The number of amides is 4. The molecule has 2 aliphatic carbocycles. The first-order chi connectivity index (χ1) is 25.0. The molecule has 0 bridgehead atoms. The van der Waals surface area contributed by atoms with E-state index in [1.807, 2.05) is 0 Å². The Bertz CT molecular complexity index is 2290. The minimum atomic E-state index is -2.74. The Morgan fingerprint density at radius 1 is 0.849 bits per heavy atom. The molecule has 1 saturated carbocycles. The number of alkyl halides is 2. The van der Waals surface area contributed by atoms with Gasteiger partial charge in [-0.1, -0.05) is 11.6 Å². The molecule has 272 valence electrons. The Kier molecular flexibility index (Phi) is 7.58. The molecule has 11 nitrogen and oxygen atoms in total. The van der Waals surface area contributed by atoms with E-state index < -0.39 is 103 Å². The second-order valence-electron chi connectivity index (χ2n) is 13.3. The summed E-state index contributed by atoms with van der Waals surface area (Å²) in [5, 5.41) is 21.4. The number of aromatic hydroxyl groups is 1. The molecule has 53 heavy (non-hydrogen) atoms. The summed E-state index contributed by atoms with van der Waals surface area (Å²) in [4.78, 5) is 62.5. The third-order valence-electron chi connectivity index (χ3n) is 10.7. The number of non-ortho nitro benzene ring substituents is 1. The zero-order valence-electron chi connectivity index (χ0n) is 26.4. The number of nitro benzene ring substituents is 1. The van der Waals surface area contributed by atoms with Gasteiger partial charge in [0.2, 0.25) is 17.6 Å². The quantitative estimate of drug-likeness (QED) is 0.0488. The molecule has 3 heterocycles. The van der Waals surface area contributed by atoms with Crippen LogP contribution < -0.4 is 14.5 Å². The number of halogens is 7. The van der Waals surface area contributed by atoms with E-state index in [-0.39, 0.29) is 51.8 Å². The monoisotopic (exact) mass is 775 g/mol. The van der Waals surface area contributed by atoms with Gasteiger partial charge in [-0.15, -0.1) is 23.2 Å². The summed E-state index contributed by atoms with van der Waals surface area (Å²) in [6, 6.07) is 8.71. The van der Waals surface area contributed by atoms with Crippen molar-refractivity contribution in [2.75, 3.05) is 9.80 Å². The number of imide groups is 2. The van der Waals surface area contributed by atoms with Crippen molar-refractivity contribution in [3.05, 3.63) is 111 Å². The highest BCUT2D eigenvalue weighted by molar-refractivity contribution is 6.58. The normalized spacial score (nSPS) is 28.9. The Hall–Kier alpha value is -5.35. The maximum absolute atomic E-state index is 15.3. The predicted molar refractivity (Wildman–Crippen MR) is 173 cm³/mol. The molecule has 6 unspecified atom stereocenters. The number of nitro groups is 1. The number of fused-ring (bicyclic) bond motifs is 5. The molecule has 6 atom stereocenters. The molecule has 4 amide bonds. The van der Waals surface area contributed by atoms with Crippen molar-refractivity contribution in [1.29, 1.82) is 0 Å². The van der Waals surface area contributed by atoms with E-state index in [1.165, 1.54) is 42.7 Å². The number of hydrogen-bond donors (Lipinski definition) is 1. The number of benzene rings is 3. The van der Waals surface area contributed by atoms with Gasteiger partial charge in [-0.3, -0.25) is 34.2 Å². The number of nitrogens with zero attached hydrogens (tertiary/aromatic N) is 3. The van der Waals surface area contributed by atoms with Crippen molar-refractivity contribution in [1.82, 2.24) is 0 Å². The van der Waals surface area contributed by atoms with Gasteiger partial charge in [0.05, 0.1) is 28.7 Å². The molecule has 3 aliphatic heterocycles. The molecule has 5 aliphatic rings. The van der Waals surface area contributed by atoms with Gasteiger partial charge in [-0.25, -0.2) is 26.9 Å². The van der Waals surface area contributed by atoms with Crippen LogP contribution in [0.1, 0.15) is 18.4 Å². The van der Waals surface area contributed by atoms with E-state index in [1.54, 1.807) is 0 Å². The number of carbonyl (C=O) groups excluding carboxylic acids is 4. The number of allylic oxidation sites excluding steroid dienone is 3. The fourth-order valence-corrected chi connectivity index (χ4v) is 9.31. The molecule has 3 aromatic carbocycles. The SMILES string of the molecule is O=C1C2CC=C3C(CC4(Cl)C(=O)N(c5c(F)c(F)c(F)c(F)c5F)C(=O)C4(Cl)C3C3=COc4ccc(O)cc4C3)C2C(=O)N1c1ccc([N+](=O)[O-])cc1. The summed E-state index contributed by atoms with van der Waals surface area (Å²) in [5.74, 6) is -22.1. The number of phenolic OH excluding ortho intramolecular Hbond substituents is 1. The van der Waals surface area contributed by atoms with Gasteiger partial charge in [-0.2, -0.15) is 0 Å². The zero-order valence-corrected chi connectivity index (χ0v) is 27.9. The van der Waals surface area contributed by atoms with Crippen molar-refractivity contribution in [3.63, 3.8) is 0 Å². The van der Waals surface area contributed by atoms with E-state index in [0.29, 0.717) is 5.56 Å². The Morgan fingerprint density at radius 2 is 1.49 bits per heavy atom. The smallest absolute Gasteiger partial charge is 0.269 e. The van der Waals surface area contributed by atoms with Gasteiger partial charge in [0, 0.05) is 30.0 Å². The Labute approximate surface area is 304 Å². The van der Waals surface area contributed by atoms with Crippen LogP contribution in [0.2, 0.25) is 0 Å². The van der Waals surface area contributed by atoms with Gasteiger partial charge in [0.15, 0.2) is 33.0 Å². The summed E-state index contributed by atoms with van der Waals surface area (Å²) in [6.07, 6.45) is 1.76. The first-order valence-corrected chi connectivity index (χ1v) is 16.6. The largest absolute Gasteiger partial charge is 0.508 e. The van der Waals surface area contributed by atoms with Crippen molar-refractivity contribution < 1.29 is 55.9 Å². The molecule has 0 radical (unpaired) electrons. The van der Waals surface area contributed by atoms with Crippen LogP contribution in [0.5, 0.6) is 11.5 Å². The molecular formula is C35H20Cl2F5N3O8. The molecule has 18 heteroatoms.